The van der Waals surface area contributed by atoms with Crippen molar-refractivity contribution in [1.29, 1.82) is 0 Å². The molecule has 0 aliphatic carbocycles. The monoisotopic (exact) mass is 201 g/mol. The SMILES string of the molecule is CCC(C)(C)[O][Al-][O]C(C)(C)CC. The van der Waals surface area contributed by atoms with E-state index in [9.17, 15) is 0 Å². The molecule has 13 heavy (non-hydrogen) atoms. The lowest BCUT2D eigenvalue weighted by Crippen LogP contribution is -2.32. The van der Waals surface area contributed by atoms with E-state index in [4.69, 9.17) is 7.58 Å². The van der Waals surface area contributed by atoms with Gasteiger partial charge in [-0.25, -0.2) is 0 Å². The summed E-state index contributed by atoms with van der Waals surface area (Å²) in [6.07, 6.45) is 2.05. The second-order valence-corrected chi connectivity index (χ2v) is 5.22. The van der Waals surface area contributed by atoms with E-state index in [2.05, 4.69) is 41.5 Å². The van der Waals surface area contributed by atoms with E-state index in [1.54, 1.807) is 0 Å². The van der Waals surface area contributed by atoms with Crippen molar-refractivity contribution in [1.82, 2.24) is 0 Å². The van der Waals surface area contributed by atoms with Crippen molar-refractivity contribution in [3.8, 4) is 0 Å². The highest BCUT2D eigenvalue weighted by atomic mass is 27.2. The molecule has 0 fully saturated rings. The third kappa shape index (κ3) is 6.51. The van der Waals surface area contributed by atoms with Crippen LogP contribution < -0.4 is 0 Å². The van der Waals surface area contributed by atoms with Crippen molar-refractivity contribution in [2.24, 2.45) is 0 Å². The molecule has 0 heterocycles. The van der Waals surface area contributed by atoms with Gasteiger partial charge in [-0.05, 0) is 40.5 Å². The zero-order valence-electron chi connectivity index (χ0n) is 9.81. The second-order valence-electron chi connectivity index (χ2n) is 4.56. The van der Waals surface area contributed by atoms with Gasteiger partial charge in [-0.15, -0.1) is 0 Å². The third-order valence-corrected chi connectivity index (χ3v) is 3.91. The molecule has 0 aliphatic heterocycles. The van der Waals surface area contributed by atoms with Crippen molar-refractivity contribution in [2.45, 2.75) is 65.6 Å². The predicted molar refractivity (Wildman–Crippen MR) is 56.7 cm³/mol. The van der Waals surface area contributed by atoms with Crippen LogP contribution in [-0.4, -0.2) is 27.1 Å². The van der Waals surface area contributed by atoms with E-state index in [0.29, 0.717) is 0 Å². The minimum atomic E-state index is -0.335. The van der Waals surface area contributed by atoms with E-state index >= 15 is 0 Å². The molecule has 0 unspecified atom stereocenters. The van der Waals surface area contributed by atoms with Gasteiger partial charge in [0, 0.05) is 11.2 Å². The quantitative estimate of drug-likeness (QED) is 0.615. The Hall–Kier alpha value is 0.452. The molecule has 2 nitrogen and oxygen atoms in total. The van der Waals surface area contributed by atoms with Gasteiger partial charge in [-0.1, -0.05) is 13.8 Å². The van der Waals surface area contributed by atoms with Crippen molar-refractivity contribution in [3.63, 3.8) is 0 Å². The highest BCUT2D eigenvalue weighted by molar-refractivity contribution is 6.18. The first-order chi connectivity index (χ1) is 5.83. The molecule has 0 spiro atoms. The zero-order valence-corrected chi connectivity index (χ0v) is 11.0. The molecule has 2 radical (unpaired) electrons. The number of rotatable bonds is 6. The molecule has 0 bridgehead atoms. The summed E-state index contributed by atoms with van der Waals surface area (Å²) in [6.45, 7) is 12.7. The van der Waals surface area contributed by atoms with Crippen molar-refractivity contribution < 1.29 is 7.58 Å². The maximum Gasteiger partial charge on any atom is 0.136 e. The molecule has 0 aromatic rings. The lowest BCUT2D eigenvalue weighted by Gasteiger charge is -2.41. The molecule has 0 amide bonds. The highest BCUT2D eigenvalue weighted by Gasteiger charge is 2.11. The first-order valence-electron chi connectivity index (χ1n) is 5.00. The summed E-state index contributed by atoms with van der Waals surface area (Å²) < 4.78 is 11.4. The van der Waals surface area contributed by atoms with Crippen LogP contribution in [0, 0.1) is 0 Å². The average Bonchev–Trinajstić information content (AvgIpc) is 2.04. The summed E-state index contributed by atoms with van der Waals surface area (Å²) in [7, 11) is 0. The summed E-state index contributed by atoms with van der Waals surface area (Å²) >= 11 is -0.335. The largest absolute Gasteiger partial charge is 0.674 e. The Morgan fingerprint density at radius 3 is 1.38 bits per heavy atom. The summed E-state index contributed by atoms with van der Waals surface area (Å²) in [4.78, 5) is 0. The lowest BCUT2D eigenvalue weighted by molar-refractivity contribution is 0.0295. The van der Waals surface area contributed by atoms with Gasteiger partial charge in [0.2, 0.25) is 0 Å². The van der Waals surface area contributed by atoms with Crippen LogP contribution >= 0.6 is 0 Å². The van der Waals surface area contributed by atoms with Crippen LogP contribution in [0.2, 0.25) is 0 Å². The van der Waals surface area contributed by atoms with Crippen LogP contribution in [0.5, 0.6) is 0 Å². The predicted octanol–water partition coefficient (Wildman–Crippen LogP) is 2.93. The molecular formula is C10H22AlO2-. The Labute approximate surface area is 89.4 Å². The smallest absolute Gasteiger partial charge is 0.136 e. The van der Waals surface area contributed by atoms with E-state index in [-0.39, 0.29) is 27.1 Å². The topological polar surface area (TPSA) is 18.5 Å². The second kappa shape index (κ2) is 5.36. The van der Waals surface area contributed by atoms with Gasteiger partial charge in [0.1, 0.15) is 15.9 Å². The van der Waals surface area contributed by atoms with Gasteiger partial charge >= 0.3 is 0 Å². The van der Waals surface area contributed by atoms with Crippen molar-refractivity contribution in [2.75, 3.05) is 0 Å². The molecule has 0 aliphatic rings. The van der Waals surface area contributed by atoms with Crippen LogP contribution in [0.3, 0.4) is 0 Å². The first-order valence-corrected chi connectivity index (χ1v) is 5.94. The van der Waals surface area contributed by atoms with Crippen LogP contribution in [-0.2, 0) is 7.58 Å². The maximum atomic E-state index is 5.68. The van der Waals surface area contributed by atoms with Gasteiger partial charge < -0.3 is 7.58 Å². The summed E-state index contributed by atoms with van der Waals surface area (Å²) in [5.74, 6) is 0. The standard InChI is InChI=1S/2C5H11O.Al/c2*1-4-5(2,3)6;/h2*4H2,1-3H3;/q2*-1;+1. The first kappa shape index (κ1) is 13.5. The van der Waals surface area contributed by atoms with Gasteiger partial charge in [-0.3, -0.25) is 0 Å². The van der Waals surface area contributed by atoms with Gasteiger partial charge in [0.05, 0.1) is 0 Å². The normalized spacial score (nSPS) is 13.4. The molecule has 0 N–H and O–H groups in total. The fourth-order valence-electron chi connectivity index (χ4n) is 0.451. The molecule has 0 saturated heterocycles. The Bertz CT molecular complexity index is 128. The van der Waals surface area contributed by atoms with Gasteiger partial charge in [-0.2, -0.15) is 0 Å². The Morgan fingerprint density at radius 2 is 1.15 bits per heavy atom. The van der Waals surface area contributed by atoms with E-state index in [1.165, 1.54) is 0 Å². The molecule has 3 heteroatoms. The van der Waals surface area contributed by atoms with Gasteiger partial charge in [0.15, 0.2) is 0 Å². The van der Waals surface area contributed by atoms with Gasteiger partial charge in [0.25, 0.3) is 0 Å². The highest BCUT2D eigenvalue weighted by Crippen LogP contribution is 2.16. The number of hydrogen-bond acceptors (Lipinski definition) is 2. The van der Waals surface area contributed by atoms with Crippen LogP contribution in [0.4, 0.5) is 0 Å². The Balaban J connectivity index is 3.68. The van der Waals surface area contributed by atoms with E-state index < -0.39 is 0 Å². The Morgan fingerprint density at radius 1 is 0.846 bits per heavy atom. The minimum Gasteiger partial charge on any atom is -0.674 e. The molecule has 0 rings (SSSR count). The molecule has 0 aromatic carbocycles. The van der Waals surface area contributed by atoms with E-state index in [1.807, 2.05) is 0 Å². The average molecular weight is 201 g/mol. The van der Waals surface area contributed by atoms with Crippen LogP contribution in [0.25, 0.3) is 0 Å². The van der Waals surface area contributed by atoms with Crippen molar-refractivity contribution >= 4 is 15.9 Å². The number of hydrogen-bond donors (Lipinski definition) is 0. The Kier molecular flexibility index (Phi) is 5.55. The third-order valence-electron chi connectivity index (χ3n) is 2.44. The fourth-order valence-corrected chi connectivity index (χ4v) is 1.35. The molecular weight excluding hydrogens is 179 g/mol. The van der Waals surface area contributed by atoms with Crippen LogP contribution in [0.1, 0.15) is 54.4 Å². The van der Waals surface area contributed by atoms with Crippen LogP contribution in [0.15, 0.2) is 0 Å². The molecule has 0 aromatic heterocycles. The zero-order chi connectivity index (χ0) is 10.5. The van der Waals surface area contributed by atoms with Crippen molar-refractivity contribution in [3.05, 3.63) is 0 Å². The minimum absolute atomic E-state index is 0.0286. The molecule has 0 saturated carbocycles. The molecule has 0 atom stereocenters. The molecule has 78 valence electrons. The maximum absolute atomic E-state index is 5.68. The fraction of sp³-hybridized carbons (Fsp3) is 1.00. The van der Waals surface area contributed by atoms with E-state index in [0.717, 1.165) is 12.8 Å². The summed E-state index contributed by atoms with van der Waals surface area (Å²) in [6, 6.07) is 0. The summed E-state index contributed by atoms with van der Waals surface area (Å²) in [5, 5.41) is 0. The lowest BCUT2D eigenvalue weighted by atomic mass is 10.1. The summed E-state index contributed by atoms with van der Waals surface area (Å²) in [5.41, 5.74) is -0.0572.